The lowest BCUT2D eigenvalue weighted by molar-refractivity contribution is -0.119. The summed E-state index contributed by atoms with van der Waals surface area (Å²) in [4.78, 5) is 38.2. The highest BCUT2D eigenvalue weighted by Gasteiger charge is 2.45. The van der Waals surface area contributed by atoms with Crippen LogP contribution in [0, 0.1) is 12.8 Å². The van der Waals surface area contributed by atoms with Gasteiger partial charge in [0.25, 0.3) is 5.91 Å². The molecule has 28 heavy (non-hydrogen) atoms. The minimum absolute atomic E-state index is 0.0663. The topological polar surface area (TPSA) is 94.9 Å². The van der Waals surface area contributed by atoms with Crippen molar-refractivity contribution in [1.29, 1.82) is 0 Å². The van der Waals surface area contributed by atoms with E-state index in [4.69, 9.17) is 5.11 Å². The number of carbonyl (C=O) groups is 3. The summed E-state index contributed by atoms with van der Waals surface area (Å²) in [6, 6.07) is 12.4. The van der Waals surface area contributed by atoms with Crippen LogP contribution >= 0.6 is 0 Å². The van der Waals surface area contributed by atoms with Crippen LogP contribution in [0.2, 0.25) is 0 Å². The quantitative estimate of drug-likeness (QED) is 0.823. The van der Waals surface area contributed by atoms with Gasteiger partial charge in [-0.25, -0.2) is 4.79 Å². The van der Waals surface area contributed by atoms with Gasteiger partial charge in [0, 0.05) is 11.6 Å². The van der Waals surface area contributed by atoms with Crippen LogP contribution in [0.1, 0.15) is 41.4 Å². The molecule has 144 valence electrons. The third-order valence-corrected chi connectivity index (χ3v) is 4.87. The van der Waals surface area contributed by atoms with Crippen LogP contribution in [0.4, 0.5) is 5.69 Å². The van der Waals surface area contributed by atoms with Crippen molar-refractivity contribution in [2.45, 2.75) is 26.8 Å². The largest absolute Gasteiger partial charge is 0.503 e. The number of ketones is 1. The number of aliphatic hydroxyl groups is 1. The summed E-state index contributed by atoms with van der Waals surface area (Å²) in [6.07, 6.45) is 0. The predicted octanol–water partition coefficient (Wildman–Crippen LogP) is 3.82. The Bertz CT molecular complexity index is 988. The van der Waals surface area contributed by atoms with Crippen molar-refractivity contribution >= 4 is 23.3 Å². The number of Topliss-reactive ketones (excluding diaryl/α,β-unsaturated/α-hetero) is 1. The van der Waals surface area contributed by atoms with E-state index in [-0.39, 0.29) is 16.9 Å². The zero-order chi connectivity index (χ0) is 20.6. The Hall–Kier alpha value is -3.41. The maximum absolute atomic E-state index is 12.9. The number of aryl methyl sites for hydroxylation is 1. The van der Waals surface area contributed by atoms with E-state index in [9.17, 15) is 19.5 Å². The van der Waals surface area contributed by atoms with Crippen molar-refractivity contribution in [2.24, 2.45) is 5.92 Å². The lowest BCUT2D eigenvalue weighted by Gasteiger charge is -2.28. The van der Waals surface area contributed by atoms with Crippen LogP contribution in [0.15, 0.2) is 59.9 Å². The van der Waals surface area contributed by atoms with Crippen molar-refractivity contribution in [1.82, 2.24) is 0 Å². The Morgan fingerprint density at radius 3 is 2.18 bits per heavy atom. The van der Waals surface area contributed by atoms with Gasteiger partial charge in [-0.1, -0.05) is 38.1 Å². The molecule has 0 saturated heterocycles. The van der Waals surface area contributed by atoms with Crippen LogP contribution in [-0.2, 0) is 9.59 Å². The Morgan fingerprint density at radius 1 is 1.04 bits per heavy atom. The van der Waals surface area contributed by atoms with Gasteiger partial charge >= 0.3 is 5.97 Å². The highest BCUT2D eigenvalue weighted by atomic mass is 16.4. The Labute approximate surface area is 162 Å². The SMILES string of the molecule is Cc1ccccc1C1C(C(=O)C(C)C)=C(O)C(=O)N1c1ccc(C(=O)O)cc1. The van der Waals surface area contributed by atoms with Gasteiger partial charge in [-0.05, 0) is 42.3 Å². The van der Waals surface area contributed by atoms with E-state index in [1.54, 1.807) is 13.8 Å². The first-order valence-electron chi connectivity index (χ1n) is 8.93. The number of hydrogen-bond donors (Lipinski definition) is 2. The van der Waals surface area contributed by atoms with Gasteiger partial charge < -0.3 is 10.2 Å². The summed E-state index contributed by atoms with van der Waals surface area (Å²) in [7, 11) is 0. The first-order valence-corrected chi connectivity index (χ1v) is 8.93. The molecule has 1 amide bonds. The van der Waals surface area contributed by atoms with Crippen molar-refractivity contribution in [2.75, 3.05) is 4.90 Å². The van der Waals surface area contributed by atoms with Gasteiger partial charge in [-0.2, -0.15) is 0 Å². The average Bonchev–Trinajstić information content (AvgIpc) is 2.92. The minimum atomic E-state index is -1.08. The zero-order valence-electron chi connectivity index (χ0n) is 15.8. The molecule has 1 atom stereocenters. The second-order valence-electron chi connectivity index (χ2n) is 7.07. The second kappa shape index (κ2) is 7.31. The van der Waals surface area contributed by atoms with E-state index < -0.39 is 29.6 Å². The molecule has 1 heterocycles. The number of aromatic carboxylic acids is 1. The number of benzene rings is 2. The van der Waals surface area contributed by atoms with Gasteiger partial charge in [-0.15, -0.1) is 0 Å². The molecule has 6 heteroatoms. The molecule has 2 aromatic rings. The Kier molecular flexibility index (Phi) is 5.05. The van der Waals surface area contributed by atoms with Gasteiger partial charge in [-0.3, -0.25) is 14.5 Å². The van der Waals surface area contributed by atoms with E-state index in [1.165, 1.54) is 29.2 Å². The van der Waals surface area contributed by atoms with Gasteiger partial charge in [0.2, 0.25) is 0 Å². The number of rotatable bonds is 5. The van der Waals surface area contributed by atoms with E-state index in [1.807, 2.05) is 31.2 Å². The van der Waals surface area contributed by atoms with Crippen LogP contribution < -0.4 is 4.90 Å². The third kappa shape index (κ3) is 3.17. The average molecular weight is 379 g/mol. The highest BCUT2D eigenvalue weighted by Crippen LogP contribution is 2.42. The van der Waals surface area contributed by atoms with Crippen molar-refractivity contribution in [3.05, 3.63) is 76.6 Å². The van der Waals surface area contributed by atoms with Crippen molar-refractivity contribution < 1.29 is 24.6 Å². The molecular weight excluding hydrogens is 358 g/mol. The Balaban J connectivity index is 2.18. The summed E-state index contributed by atoms with van der Waals surface area (Å²) in [5.41, 5.74) is 2.15. The summed E-state index contributed by atoms with van der Waals surface area (Å²) >= 11 is 0. The molecule has 0 fully saturated rings. The fourth-order valence-electron chi connectivity index (χ4n) is 3.39. The number of amides is 1. The lowest BCUT2D eigenvalue weighted by Crippen LogP contribution is -2.31. The van der Waals surface area contributed by atoms with Crippen LogP contribution in [-0.4, -0.2) is 27.9 Å². The molecule has 6 nitrogen and oxygen atoms in total. The number of aliphatic hydroxyl groups excluding tert-OH is 1. The molecule has 1 unspecified atom stereocenters. The molecular formula is C22H21NO5. The summed E-state index contributed by atoms with van der Waals surface area (Å²) in [5, 5.41) is 19.7. The van der Waals surface area contributed by atoms with Crippen LogP contribution in [0.3, 0.4) is 0 Å². The first kappa shape index (κ1) is 19.4. The predicted molar refractivity (Wildman–Crippen MR) is 104 cm³/mol. The smallest absolute Gasteiger partial charge is 0.335 e. The van der Waals surface area contributed by atoms with E-state index >= 15 is 0 Å². The van der Waals surface area contributed by atoms with Crippen molar-refractivity contribution in [3.8, 4) is 0 Å². The number of carboxylic acid groups (broad SMARTS) is 1. The second-order valence-corrected chi connectivity index (χ2v) is 7.07. The molecule has 1 aliphatic rings. The van der Waals surface area contributed by atoms with Gasteiger partial charge in [0.1, 0.15) is 0 Å². The molecule has 0 spiro atoms. The van der Waals surface area contributed by atoms with E-state index in [0.29, 0.717) is 5.69 Å². The summed E-state index contributed by atoms with van der Waals surface area (Å²) in [5.74, 6) is -3.02. The molecule has 2 aromatic carbocycles. The number of anilines is 1. The number of nitrogens with zero attached hydrogens (tertiary/aromatic N) is 1. The minimum Gasteiger partial charge on any atom is -0.503 e. The lowest BCUT2D eigenvalue weighted by atomic mass is 9.89. The molecule has 0 saturated carbocycles. The van der Waals surface area contributed by atoms with Crippen LogP contribution in [0.5, 0.6) is 0 Å². The normalized spacial score (nSPS) is 16.8. The summed E-state index contributed by atoms with van der Waals surface area (Å²) < 4.78 is 0. The number of hydrogen-bond acceptors (Lipinski definition) is 4. The van der Waals surface area contributed by atoms with E-state index in [2.05, 4.69) is 0 Å². The van der Waals surface area contributed by atoms with Gasteiger partial charge in [0.15, 0.2) is 11.5 Å². The van der Waals surface area contributed by atoms with Crippen LogP contribution in [0.25, 0.3) is 0 Å². The molecule has 3 rings (SSSR count). The fraction of sp³-hybridized carbons (Fsp3) is 0.227. The van der Waals surface area contributed by atoms with E-state index in [0.717, 1.165) is 11.1 Å². The zero-order valence-corrected chi connectivity index (χ0v) is 15.8. The third-order valence-electron chi connectivity index (χ3n) is 4.87. The maximum atomic E-state index is 12.9. The number of carbonyl (C=O) groups excluding carboxylic acids is 2. The molecule has 0 bridgehead atoms. The molecule has 0 radical (unpaired) electrons. The van der Waals surface area contributed by atoms with Crippen molar-refractivity contribution in [3.63, 3.8) is 0 Å². The monoisotopic (exact) mass is 379 g/mol. The standard InChI is InChI=1S/C22H21NO5/c1-12(2)19(24)17-18(16-7-5-4-6-13(16)3)23(21(26)20(17)25)15-10-8-14(9-11-15)22(27)28/h4-12,18,25H,1-3H3,(H,27,28). The molecule has 2 N–H and O–H groups in total. The maximum Gasteiger partial charge on any atom is 0.335 e. The Morgan fingerprint density at radius 2 is 1.64 bits per heavy atom. The summed E-state index contributed by atoms with van der Waals surface area (Å²) in [6.45, 7) is 5.30. The number of carboxylic acids is 1. The first-order chi connectivity index (χ1) is 13.2. The fourth-order valence-corrected chi connectivity index (χ4v) is 3.39. The van der Waals surface area contributed by atoms with Gasteiger partial charge in [0.05, 0.1) is 17.2 Å². The highest BCUT2D eigenvalue weighted by molar-refractivity contribution is 6.17. The molecule has 1 aliphatic heterocycles. The molecule has 0 aliphatic carbocycles. The molecule has 0 aromatic heterocycles.